The number of allylic oxidation sites excluding steroid dienone is 1. The summed E-state index contributed by atoms with van der Waals surface area (Å²) in [5.41, 5.74) is 13.2. The average Bonchev–Trinajstić information content (AvgIpc) is 2.86. The Morgan fingerprint density at radius 1 is 0.900 bits per heavy atom. The van der Waals surface area contributed by atoms with Crippen LogP contribution in [0.1, 0.15) is 34.3 Å². The predicted molar refractivity (Wildman–Crippen MR) is 138 cm³/mol. The molecule has 0 saturated carbocycles. The van der Waals surface area contributed by atoms with Crippen LogP contribution in [-0.4, -0.2) is 35.8 Å². The predicted octanol–water partition coefficient (Wildman–Crippen LogP) is 6.14. The van der Waals surface area contributed by atoms with E-state index >= 15 is 0 Å². The number of carbonyl (C=O) groups excluding carboxylic acids is 1. The number of para-hydroxylation sites is 1. The molecule has 3 aromatic rings. The van der Waals surface area contributed by atoms with Gasteiger partial charge in [0.2, 0.25) is 0 Å². The lowest BCUT2D eigenvalue weighted by molar-refractivity contribution is -0.284. The zero-order valence-corrected chi connectivity index (χ0v) is 20.9. The number of hydrogen-bond donors (Lipinski definition) is 3. The fourth-order valence-electron chi connectivity index (χ4n) is 3.65. The SMILES string of the molecule is Nc1cc(N)cc(C/C=C(/C(=O)O)c2ccccc2OC(=O)c2ccc(OCCCC(F)(F)C(F)(F)F)cc2)c1. The Balaban J connectivity index is 1.68. The summed E-state index contributed by atoms with van der Waals surface area (Å²) in [6.45, 7) is -0.394. The highest BCUT2D eigenvalue weighted by atomic mass is 19.4. The van der Waals surface area contributed by atoms with Gasteiger partial charge in [0, 0.05) is 23.4 Å². The maximum absolute atomic E-state index is 13.0. The summed E-state index contributed by atoms with van der Waals surface area (Å²) < 4.78 is 73.3. The van der Waals surface area contributed by atoms with E-state index in [4.69, 9.17) is 20.9 Å². The summed E-state index contributed by atoms with van der Waals surface area (Å²) >= 11 is 0. The van der Waals surface area contributed by atoms with Gasteiger partial charge in [-0.1, -0.05) is 24.3 Å². The van der Waals surface area contributed by atoms with E-state index in [0.29, 0.717) is 16.9 Å². The van der Waals surface area contributed by atoms with Crippen LogP contribution in [0.2, 0.25) is 0 Å². The quantitative estimate of drug-likeness (QED) is 0.0638. The molecule has 212 valence electrons. The minimum atomic E-state index is -5.63. The summed E-state index contributed by atoms with van der Waals surface area (Å²) in [4.78, 5) is 24.8. The van der Waals surface area contributed by atoms with Crippen LogP contribution in [0.25, 0.3) is 5.57 Å². The first-order valence-corrected chi connectivity index (χ1v) is 11.8. The van der Waals surface area contributed by atoms with E-state index in [1.165, 1.54) is 42.5 Å². The highest BCUT2D eigenvalue weighted by Gasteiger charge is 2.56. The van der Waals surface area contributed by atoms with Crippen LogP contribution in [-0.2, 0) is 11.2 Å². The Bertz CT molecular complexity index is 1370. The minimum Gasteiger partial charge on any atom is -0.494 e. The second kappa shape index (κ2) is 12.5. The van der Waals surface area contributed by atoms with Gasteiger partial charge in [-0.15, -0.1) is 0 Å². The van der Waals surface area contributed by atoms with Gasteiger partial charge in [-0.25, -0.2) is 9.59 Å². The molecule has 3 rings (SSSR count). The highest BCUT2D eigenvalue weighted by Crippen LogP contribution is 2.38. The molecule has 0 amide bonds. The van der Waals surface area contributed by atoms with Crippen molar-refractivity contribution in [2.45, 2.75) is 31.4 Å². The van der Waals surface area contributed by atoms with Crippen LogP contribution in [0, 0.1) is 0 Å². The molecule has 0 atom stereocenters. The number of benzene rings is 3. The van der Waals surface area contributed by atoms with Gasteiger partial charge in [0.1, 0.15) is 11.5 Å². The molecule has 0 fully saturated rings. The van der Waals surface area contributed by atoms with E-state index in [1.54, 1.807) is 30.3 Å². The Hall–Kier alpha value is -4.61. The van der Waals surface area contributed by atoms with E-state index in [-0.39, 0.29) is 34.6 Å². The van der Waals surface area contributed by atoms with Gasteiger partial charge in [-0.3, -0.25) is 0 Å². The van der Waals surface area contributed by atoms with Crippen molar-refractivity contribution in [1.82, 2.24) is 0 Å². The molecule has 0 aliphatic rings. The summed E-state index contributed by atoms with van der Waals surface area (Å²) in [5.74, 6) is -6.75. The molecule has 0 aliphatic carbocycles. The highest BCUT2D eigenvalue weighted by molar-refractivity contribution is 6.16. The van der Waals surface area contributed by atoms with Crippen LogP contribution in [0.15, 0.2) is 72.8 Å². The molecule has 5 N–H and O–H groups in total. The molecule has 0 unspecified atom stereocenters. The lowest BCUT2D eigenvalue weighted by atomic mass is 10.0. The molecule has 0 aliphatic heterocycles. The number of halogens is 5. The van der Waals surface area contributed by atoms with E-state index in [9.17, 15) is 36.6 Å². The number of nitrogens with two attached hydrogens (primary N) is 2. The fraction of sp³-hybridized carbons (Fsp3) is 0.214. The van der Waals surface area contributed by atoms with Gasteiger partial charge in [0.15, 0.2) is 0 Å². The van der Waals surface area contributed by atoms with Crippen molar-refractivity contribution in [1.29, 1.82) is 0 Å². The van der Waals surface area contributed by atoms with Gasteiger partial charge in [0.05, 0.1) is 17.7 Å². The number of aliphatic carboxylic acids is 1. The second-order valence-corrected chi connectivity index (χ2v) is 8.70. The molecule has 40 heavy (non-hydrogen) atoms. The number of hydrogen-bond acceptors (Lipinski definition) is 6. The van der Waals surface area contributed by atoms with Crippen LogP contribution in [0.3, 0.4) is 0 Å². The summed E-state index contributed by atoms with van der Waals surface area (Å²) in [6, 6.07) is 16.2. The molecule has 0 heterocycles. The largest absolute Gasteiger partial charge is 0.494 e. The van der Waals surface area contributed by atoms with Gasteiger partial charge in [-0.2, -0.15) is 22.0 Å². The monoisotopic (exact) mass is 564 g/mol. The number of anilines is 2. The lowest BCUT2D eigenvalue weighted by Crippen LogP contribution is -2.36. The van der Waals surface area contributed by atoms with E-state index in [0.717, 1.165) is 0 Å². The normalized spacial score (nSPS) is 12.2. The van der Waals surface area contributed by atoms with E-state index in [1.807, 2.05) is 0 Å². The second-order valence-electron chi connectivity index (χ2n) is 8.70. The van der Waals surface area contributed by atoms with E-state index in [2.05, 4.69) is 0 Å². The molecule has 0 aromatic heterocycles. The Kier molecular flexibility index (Phi) is 9.35. The van der Waals surface area contributed by atoms with Crippen molar-refractivity contribution in [3.05, 3.63) is 89.5 Å². The molecule has 0 saturated heterocycles. The average molecular weight is 565 g/mol. The molecule has 0 spiro atoms. The number of carboxylic acid groups (broad SMARTS) is 1. The van der Waals surface area contributed by atoms with Crippen LogP contribution in [0.5, 0.6) is 11.5 Å². The maximum Gasteiger partial charge on any atom is 0.453 e. The van der Waals surface area contributed by atoms with E-state index < -0.39 is 43.5 Å². The number of carbonyl (C=O) groups is 2. The van der Waals surface area contributed by atoms with Crippen molar-refractivity contribution >= 4 is 28.9 Å². The molecule has 12 heteroatoms. The van der Waals surface area contributed by atoms with Gasteiger partial charge < -0.3 is 26.0 Å². The minimum absolute atomic E-state index is 0.0147. The van der Waals surface area contributed by atoms with Crippen LogP contribution < -0.4 is 20.9 Å². The zero-order chi connectivity index (χ0) is 29.5. The molecule has 3 aromatic carbocycles. The third kappa shape index (κ3) is 7.95. The number of alkyl halides is 5. The first-order valence-electron chi connectivity index (χ1n) is 11.8. The molecular formula is C28H25F5N2O5. The number of ether oxygens (including phenoxy) is 2. The van der Waals surface area contributed by atoms with Crippen molar-refractivity contribution in [2.75, 3.05) is 18.1 Å². The third-order valence-electron chi connectivity index (χ3n) is 5.60. The van der Waals surface area contributed by atoms with Crippen molar-refractivity contribution in [3.63, 3.8) is 0 Å². The zero-order valence-electron chi connectivity index (χ0n) is 20.9. The van der Waals surface area contributed by atoms with Crippen molar-refractivity contribution in [2.24, 2.45) is 0 Å². The maximum atomic E-state index is 13.0. The summed E-state index contributed by atoms with van der Waals surface area (Å²) in [5, 5.41) is 9.82. The Labute approximate surface area is 225 Å². The lowest BCUT2D eigenvalue weighted by Gasteiger charge is -2.19. The first-order chi connectivity index (χ1) is 18.8. The summed E-state index contributed by atoms with van der Waals surface area (Å²) in [6.07, 6.45) is -5.95. The van der Waals surface area contributed by atoms with Crippen molar-refractivity contribution < 1.29 is 46.1 Å². The Morgan fingerprint density at radius 2 is 1.52 bits per heavy atom. The Morgan fingerprint density at radius 3 is 2.12 bits per heavy atom. The van der Waals surface area contributed by atoms with Gasteiger partial charge in [0.25, 0.3) is 0 Å². The molecular weight excluding hydrogens is 539 g/mol. The first kappa shape index (κ1) is 29.9. The standard InChI is InChI=1S/C28H25F5N2O5/c29-27(30,28(31,32)33)12-3-13-39-21-9-7-18(8-10-21)26(38)40-24-5-2-1-4-22(24)23(25(36)37)11-6-17-14-19(34)16-20(35)15-17/h1-2,4-5,7-11,14-16H,3,6,12-13,34-35H2,(H,36,37)/b23-11+. The van der Waals surface area contributed by atoms with Crippen LogP contribution in [0.4, 0.5) is 33.3 Å². The number of rotatable bonds is 11. The smallest absolute Gasteiger partial charge is 0.453 e. The molecule has 7 nitrogen and oxygen atoms in total. The number of nitrogen functional groups attached to an aromatic ring is 2. The molecule has 0 bridgehead atoms. The number of esters is 1. The summed E-state index contributed by atoms with van der Waals surface area (Å²) in [7, 11) is 0. The fourth-order valence-corrected chi connectivity index (χ4v) is 3.65. The van der Waals surface area contributed by atoms with Gasteiger partial charge in [-0.05, 0) is 66.9 Å². The van der Waals surface area contributed by atoms with Crippen molar-refractivity contribution in [3.8, 4) is 11.5 Å². The van der Waals surface area contributed by atoms with Gasteiger partial charge >= 0.3 is 24.0 Å². The third-order valence-corrected chi connectivity index (χ3v) is 5.60. The number of carboxylic acids is 1. The topological polar surface area (TPSA) is 125 Å². The van der Waals surface area contributed by atoms with Crippen LogP contribution >= 0.6 is 0 Å². The molecule has 0 radical (unpaired) electrons.